The van der Waals surface area contributed by atoms with Gasteiger partial charge in [0.15, 0.2) is 5.75 Å². The summed E-state index contributed by atoms with van der Waals surface area (Å²) in [5.41, 5.74) is 0.596. The summed E-state index contributed by atoms with van der Waals surface area (Å²) in [6.45, 7) is 0. The number of methoxy groups -OCH3 is 1. The highest BCUT2D eigenvalue weighted by atomic mass is 35.5. The van der Waals surface area contributed by atoms with Crippen molar-refractivity contribution < 1.29 is 19.2 Å². The zero-order valence-electron chi connectivity index (χ0n) is 13.3. The van der Waals surface area contributed by atoms with Gasteiger partial charge >= 0.3 is 5.69 Å². The number of hydrogen-bond acceptors (Lipinski definition) is 6. The Morgan fingerprint density at radius 1 is 1.19 bits per heavy atom. The molecule has 0 spiro atoms. The van der Waals surface area contributed by atoms with Gasteiger partial charge in [-0.1, -0.05) is 17.7 Å². The predicted molar refractivity (Wildman–Crippen MR) is 99.6 cm³/mol. The molecule has 0 N–H and O–H groups in total. The van der Waals surface area contributed by atoms with Crippen LogP contribution >= 0.6 is 23.4 Å². The van der Waals surface area contributed by atoms with Crippen molar-refractivity contribution in [3.8, 4) is 5.75 Å². The average molecular weight is 391 g/mol. The SMILES string of the molecule is COc1ccc(/C=C2/SC(=O)N(c3ccc(Cl)cc3)C2=O)cc1[N+](=O)[O-]. The van der Waals surface area contributed by atoms with Crippen LogP contribution in [0.3, 0.4) is 0 Å². The second-order valence-electron chi connectivity index (χ2n) is 5.18. The van der Waals surface area contributed by atoms with Crippen molar-refractivity contribution in [2.45, 2.75) is 0 Å². The molecule has 9 heteroatoms. The van der Waals surface area contributed by atoms with Gasteiger partial charge in [0.2, 0.25) is 0 Å². The molecular formula is C17H11ClN2O5S. The molecule has 26 heavy (non-hydrogen) atoms. The summed E-state index contributed by atoms with van der Waals surface area (Å²) in [6, 6.07) is 10.6. The van der Waals surface area contributed by atoms with Crippen LogP contribution in [0.4, 0.5) is 16.2 Å². The Hall–Kier alpha value is -2.84. The molecule has 0 unspecified atom stereocenters. The number of amides is 2. The van der Waals surface area contributed by atoms with Crippen molar-refractivity contribution in [2.24, 2.45) is 0 Å². The summed E-state index contributed by atoms with van der Waals surface area (Å²) in [4.78, 5) is 36.5. The Balaban J connectivity index is 1.94. The van der Waals surface area contributed by atoms with Gasteiger partial charge in [-0.05, 0) is 53.7 Å². The highest BCUT2D eigenvalue weighted by molar-refractivity contribution is 8.19. The molecular weight excluding hydrogens is 380 g/mol. The van der Waals surface area contributed by atoms with E-state index in [1.165, 1.54) is 25.3 Å². The molecule has 0 atom stereocenters. The molecule has 1 fully saturated rings. The van der Waals surface area contributed by atoms with E-state index in [2.05, 4.69) is 0 Å². The smallest absolute Gasteiger partial charge is 0.311 e. The maximum Gasteiger partial charge on any atom is 0.311 e. The Morgan fingerprint density at radius 2 is 1.88 bits per heavy atom. The molecule has 1 saturated heterocycles. The monoisotopic (exact) mass is 390 g/mol. The minimum Gasteiger partial charge on any atom is -0.490 e. The number of carbonyl (C=O) groups is 2. The zero-order chi connectivity index (χ0) is 18.8. The van der Waals surface area contributed by atoms with Gasteiger partial charge in [0.25, 0.3) is 11.1 Å². The molecule has 0 saturated carbocycles. The van der Waals surface area contributed by atoms with Gasteiger partial charge in [0.1, 0.15) is 0 Å². The largest absolute Gasteiger partial charge is 0.490 e. The van der Waals surface area contributed by atoms with Crippen LogP contribution in [0.1, 0.15) is 5.56 Å². The van der Waals surface area contributed by atoms with Crippen molar-refractivity contribution in [1.82, 2.24) is 0 Å². The summed E-state index contributed by atoms with van der Waals surface area (Å²) < 4.78 is 4.95. The van der Waals surface area contributed by atoms with Crippen molar-refractivity contribution in [2.75, 3.05) is 12.0 Å². The van der Waals surface area contributed by atoms with Crippen molar-refractivity contribution in [1.29, 1.82) is 0 Å². The molecule has 132 valence electrons. The van der Waals surface area contributed by atoms with Gasteiger partial charge < -0.3 is 4.74 Å². The molecule has 2 aromatic rings. The predicted octanol–water partition coefficient (Wildman–Crippen LogP) is 4.50. The lowest BCUT2D eigenvalue weighted by Gasteiger charge is -2.12. The number of nitrogens with zero attached hydrogens (tertiary/aromatic N) is 2. The highest BCUT2D eigenvalue weighted by Crippen LogP contribution is 2.37. The summed E-state index contributed by atoms with van der Waals surface area (Å²) in [5, 5.41) is 11.1. The van der Waals surface area contributed by atoms with Crippen LogP contribution in [0.25, 0.3) is 6.08 Å². The first-order valence-corrected chi connectivity index (χ1v) is 8.46. The number of nitro groups is 1. The molecule has 2 amide bonds. The average Bonchev–Trinajstić information content (AvgIpc) is 2.89. The van der Waals surface area contributed by atoms with Gasteiger partial charge in [-0.15, -0.1) is 0 Å². The van der Waals surface area contributed by atoms with Crippen LogP contribution in [0.5, 0.6) is 5.75 Å². The number of hydrogen-bond donors (Lipinski definition) is 0. The lowest BCUT2D eigenvalue weighted by Crippen LogP contribution is -2.27. The van der Waals surface area contributed by atoms with E-state index in [0.717, 1.165) is 16.7 Å². The Bertz CT molecular complexity index is 943. The third-order valence-electron chi connectivity index (χ3n) is 3.58. The number of halogens is 1. The lowest BCUT2D eigenvalue weighted by molar-refractivity contribution is -0.385. The number of anilines is 1. The first-order valence-electron chi connectivity index (χ1n) is 7.26. The minimum absolute atomic E-state index is 0.112. The number of imide groups is 1. The third kappa shape index (κ3) is 3.42. The van der Waals surface area contributed by atoms with Gasteiger partial charge in [-0.25, -0.2) is 4.90 Å². The fourth-order valence-corrected chi connectivity index (χ4v) is 3.34. The van der Waals surface area contributed by atoms with E-state index in [9.17, 15) is 19.7 Å². The van der Waals surface area contributed by atoms with E-state index in [-0.39, 0.29) is 16.3 Å². The zero-order valence-corrected chi connectivity index (χ0v) is 14.9. The Morgan fingerprint density at radius 3 is 2.50 bits per heavy atom. The minimum atomic E-state index is -0.574. The van der Waals surface area contributed by atoms with E-state index in [0.29, 0.717) is 16.3 Å². The first kappa shape index (κ1) is 18.0. The fraction of sp³-hybridized carbons (Fsp3) is 0.0588. The summed E-state index contributed by atoms with van der Waals surface area (Å²) >= 11 is 6.59. The standard InChI is InChI=1S/C17H11ClN2O5S/c1-25-14-7-2-10(8-13(14)20(23)24)9-15-16(21)19(17(22)26-15)12-5-3-11(18)4-6-12/h2-9H,1H3/b15-9+. The molecule has 0 radical (unpaired) electrons. The Labute approximate surface area is 157 Å². The molecule has 3 rings (SSSR count). The highest BCUT2D eigenvalue weighted by Gasteiger charge is 2.36. The number of benzene rings is 2. The molecule has 0 aliphatic carbocycles. The fourth-order valence-electron chi connectivity index (χ4n) is 2.37. The second-order valence-corrected chi connectivity index (χ2v) is 6.61. The van der Waals surface area contributed by atoms with E-state index in [1.807, 2.05) is 0 Å². The van der Waals surface area contributed by atoms with Crippen LogP contribution in [0.15, 0.2) is 47.4 Å². The number of thioether (sulfide) groups is 1. The van der Waals surface area contributed by atoms with Gasteiger partial charge in [0.05, 0.1) is 22.6 Å². The van der Waals surface area contributed by atoms with Crippen molar-refractivity contribution in [3.63, 3.8) is 0 Å². The molecule has 1 aliphatic heterocycles. The number of carbonyl (C=O) groups excluding carboxylic acids is 2. The molecule has 1 heterocycles. The summed E-state index contributed by atoms with van der Waals surface area (Å²) in [7, 11) is 1.33. The number of nitro benzene ring substituents is 1. The number of rotatable bonds is 4. The molecule has 7 nitrogen and oxygen atoms in total. The summed E-state index contributed by atoms with van der Waals surface area (Å²) in [5.74, 6) is -0.387. The van der Waals surface area contributed by atoms with Crippen LogP contribution < -0.4 is 9.64 Å². The van der Waals surface area contributed by atoms with Crippen LogP contribution in [0.2, 0.25) is 5.02 Å². The van der Waals surface area contributed by atoms with Crippen molar-refractivity contribution in [3.05, 3.63) is 68.1 Å². The van der Waals surface area contributed by atoms with E-state index < -0.39 is 16.1 Å². The van der Waals surface area contributed by atoms with Gasteiger partial charge in [-0.2, -0.15) is 0 Å². The van der Waals surface area contributed by atoms with E-state index >= 15 is 0 Å². The first-order chi connectivity index (χ1) is 12.4. The second kappa shape index (κ2) is 7.19. The van der Waals surface area contributed by atoms with E-state index in [1.54, 1.807) is 30.3 Å². The maximum absolute atomic E-state index is 12.6. The van der Waals surface area contributed by atoms with E-state index in [4.69, 9.17) is 16.3 Å². The molecule has 0 aromatic heterocycles. The van der Waals surface area contributed by atoms with Crippen molar-refractivity contribution >= 4 is 52.0 Å². The normalized spacial score (nSPS) is 15.6. The van der Waals surface area contributed by atoms with Crippen LogP contribution in [0, 0.1) is 10.1 Å². The molecule has 1 aliphatic rings. The quantitative estimate of drug-likeness (QED) is 0.434. The van der Waals surface area contributed by atoms with Gasteiger partial charge in [0, 0.05) is 11.1 Å². The Kier molecular flexibility index (Phi) is 4.97. The number of ether oxygens (including phenoxy) is 1. The summed E-state index contributed by atoms with van der Waals surface area (Å²) in [6.07, 6.45) is 1.44. The maximum atomic E-state index is 12.6. The molecule has 0 bridgehead atoms. The lowest BCUT2D eigenvalue weighted by atomic mass is 10.1. The van der Waals surface area contributed by atoms with Gasteiger partial charge in [-0.3, -0.25) is 19.7 Å². The third-order valence-corrected chi connectivity index (χ3v) is 4.70. The van der Waals surface area contributed by atoms with Crippen LogP contribution in [-0.2, 0) is 4.79 Å². The topological polar surface area (TPSA) is 89.8 Å². The molecule has 2 aromatic carbocycles. The van der Waals surface area contributed by atoms with Crippen LogP contribution in [-0.4, -0.2) is 23.2 Å².